The molecule has 1 aliphatic carbocycles. The number of carbonyl (C=O) groups excluding carboxylic acids is 1. The molecule has 0 heterocycles. The molecule has 0 aromatic heterocycles. The lowest BCUT2D eigenvalue weighted by molar-refractivity contribution is -0.117. The van der Waals surface area contributed by atoms with Crippen LogP contribution in [0.1, 0.15) is 12.8 Å². The largest absolute Gasteiger partial charge is 0.359 e. The van der Waals surface area contributed by atoms with Gasteiger partial charge in [0.15, 0.2) is 0 Å². The average Bonchev–Trinajstić information content (AvgIpc) is 2.44. The third kappa shape index (κ3) is 0.918. The second kappa shape index (κ2) is 1.52. The molecule has 0 aromatic rings. The normalized spacial score (nSPS) is 19.0. The van der Waals surface area contributed by atoms with Crippen LogP contribution in [-0.4, -0.2) is 13.0 Å². The molecule has 0 spiro atoms. The van der Waals surface area contributed by atoms with E-state index in [1.807, 2.05) is 0 Å². The maximum atomic E-state index is 10.4. The summed E-state index contributed by atoms with van der Waals surface area (Å²) in [5.41, 5.74) is 0. The van der Waals surface area contributed by atoms with Crippen molar-refractivity contribution >= 4 is 5.91 Å². The van der Waals surface area contributed by atoms with Gasteiger partial charge in [-0.05, 0) is 12.8 Å². The lowest BCUT2D eigenvalue weighted by atomic mass is 10.4. The average molecular weight is 98.1 g/mol. The predicted octanol–water partition coefficient (Wildman–Crippen LogP) is 0.101. The minimum atomic E-state index is 0.125. The molecular formula is C5H8NO. The Morgan fingerprint density at radius 1 is 1.71 bits per heavy atom. The fourth-order valence-corrected chi connectivity index (χ4v) is 0.466. The van der Waals surface area contributed by atoms with Gasteiger partial charge in [-0.15, -0.1) is 0 Å². The van der Waals surface area contributed by atoms with Crippen LogP contribution in [0.25, 0.3) is 0 Å². The molecule has 0 saturated heterocycles. The van der Waals surface area contributed by atoms with Gasteiger partial charge >= 0.3 is 0 Å². The molecule has 39 valence electrons. The highest BCUT2D eigenvalue weighted by atomic mass is 16.1. The van der Waals surface area contributed by atoms with Crippen molar-refractivity contribution in [1.82, 2.24) is 5.32 Å². The van der Waals surface area contributed by atoms with E-state index in [0.29, 0.717) is 0 Å². The van der Waals surface area contributed by atoms with Crippen LogP contribution in [0.2, 0.25) is 0 Å². The van der Waals surface area contributed by atoms with Gasteiger partial charge in [0.1, 0.15) is 0 Å². The molecule has 1 amide bonds. The van der Waals surface area contributed by atoms with E-state index in [2.05, 4.69) is 5.32 Å². The zero-order chi connectivity index (χ0) is 5.28. The summed E-state index contributed by atoms with van der Waals surface area (Å²) in [5.74, 6) is 1.17. The molecule has 0 aliphatic heterocycles. The number of carbonyl (C=O) groups is 1. The number of hydrogen-bond acceptors (Lipinski definition) is 1. The first-order chi connectivity index (χ1) is 3.34. The zero-order valence-corrected chi connectivity index (χ0v) is 4.32. The standard InChI is InChI=1S/C5H8NO/c1-6-5(7)4-2-3-4/h2-3H2,1H3,(H,6,7). The summed E-state index contributed by atoms with van der Waals surface area (Å²) in [7, 11) is 1.66. The lowest BCUT2D eigenvalue weighted by Crippen LogP contribution is -2.17. The summed E-state index contributed by atoms with van der Waals surface area (Å²) in [6.07, 6.45) is 2.03. The molecular weight excluding hydrogens is 90.1 g/mol. The van der Waals surface area contributed by atoms with E-state index in [-0.39, 0.29) is 5.91 Å². The molecule has 0 aromatic carbocycles. The highest BCUT2D eigenvalue weighted by molar-refractivity contribution is 5.92. The molecule has 7 heavy (non-hydrogen) atoms. The topological polar surface area (TPSA) is 29.1 Å². The van der Waals surface area contributed by atoms with E-state index >= 15 is 0 Å². The smallest absolute Gasteiger partial charge is 0.227 e. The number of rotatable bonds is 1. The Balaban J connectivity index is 2.24. The van der Waals surface area contributed by atoms with Crippen molar-refractivity contribution in [2.24, 2.45) is 0 Å². The molecule has 0 unspecified atom stereocenters. The second-order valence-corrected chi connectivity index (χ2v) is 1.68. The minimum absolute atomic E-state index is 0.125. The van der Waals surface area contributed by atoms with Crippen molar-refractivity contribution in [1.29, 1.82) is 0 Å². The number of amides is 1. The van der Waals surface area contributed by atoms with Crippen LogP contribution in [0.5, 0.6) is 0 Å². The molecule has 1 rings (SSSR count). The van der Waals surface area contributed by atoms with Crippen LogP contribution in [-0.2, 0) is 4.79 Å². The van der Waals surface area contributed by atoms with Crippen LogP contribution < -0.4 is 5.32 Å². The summed E-state index contributed by atoms with van der Waals surface area (Å²) in [6.45, 7) is 0. The van der Waals surface area contributed by atoms with Crippen LogP contribution in [0.15, 0.2) is 0 Å². The van der Waals surface area contributed by atoms with E-state index in [4.69, 9.17) is 0 Å². The summed E-state index contributed by atoms with van der Waals surface area (Å²) >= 11 is 0. The predicted molar refractivity (Wildman–Crippen MR) is 26.5 cm³/mol. The maximum absolute atomic E-state index is 10.4. The van der Waals surface area contributed by atoms with E-state index < -0.39 is 0 Å². The summed E-state index contributed by atoms with van der Waals surface area (Å²) in [4.78, 5) is 10.4. The number of hydrogen-bond donors (Lipinski definition) is 1. The first-order valence-corrected chi connectivity index (χ1v) is 2.41. The lowest BCUT2D eigenvalue weighted by Gasteiger charge is -1.89. The van der Waals surface area contributed by atoms with Crippen LogP contribution >= 0.6 is 0 Å². The second-order valence-electron chi connectivity index (χ2n) is 1.68. The third-order valence-corrected chi connectivity index (χ3v) is 1.05. The van der Waals surface area contributed by atoms with Gasteiger partial charge in [0.05, 0.1) is 5.92 Å². The molecule has 1 N–H and O–H groups in total. The Labute approximate surface area is 42.9 Å². The van der Waals surface area contributed by atoms with Gasteiger partial charge in [-0.25, -0.2) is 0 Å². The van der Waals surface area contributed by atoms with Crippen molar-refractivity contribution in [2.45, 2.75) is 12.8 Å². The minimum Gasteiger partial charge on any atom is -0.359 e. The Hall–Kier alpha value is -0.530. The third-order valence-electron chi connectivity index (χ3n) is 1.05. The van der Waals surface area contributed by atoms with Crippen LogP contribution in [0.3, 0.4) is 0 Å². The first kappa shape index (κ1) is 4.62. The Morgan fingerprint density at radius 2 is 2.29 bits per heavy atom. The van der Waals surface area contributed by atoms with Gasteiger partial charge in [0.25, 0.3) is 0 Å². The van der Waals surface area contributed by atoms with Gasteiger partial charge in [-0.2, -0.15) is 0 Å². The summed E-state index contributed by atoms with van der Waals surface area (Å²) < 4.78 is 0. The fourth-order valence-electron chi connectivity index (χ4n) is 0.466. The molecule has 1 aliphatic rings. The van der Waals surface area contributed by atoms with E-state index in [1.54, 1.807) is 7.05 Å². The zero-order valence-electron chi connectivity index (χ0n) is 4.32. The summed E-state index contributed by atoms with van der Waals surface area (Å²) in [5, 5.41) is 2.55. The highest BCUT2D eigenvalue weighted by Gasteiger charge is 2.29. The SMILES string of the molecule is CNC(=O)[C]1CC1. The van der Waals surface area contributed by atoms with Crippen LogP contribution in [0, 0.1) is 5.92 Å². The molecule has 2 heteroatoms. The summed E-state index contributed by atoms with van der Waals surface area (Å²) in [6, 6.07) is 0. The van der Waals surface area contributed by atoms with Crippen molar-refractivity contribution in [3.05, 3.63) is 5.92 Å². The fraction of sp³-hybridized carbons (Fsp3) is 0.600. The molecule has 1 radical (unpaired) electrons. The molecule has 1 fully saturated rings. The quantitative estimate of drug-likeness (QED) is 0.495. The van der Waals surface area contributed by atoms with Crippen molar-refractivity contribution < 1.29 is 4.79 Å². The van der Waals surface area contributed by atoms with Gasteiger partial charge < -0.3 is 5.32 Å². The Morgan fingerprint density at radius 3 is 2.43 bits per heavy atom. The molecule has 2 nitrogen and oxygen atoms in total. The van der Waals surface area contributed by atoms with Crippen molar-refractivity contribution in [2.75, 3.05) is 7.05 Å². The van der Waals surface area contributed by atoms with Gasteiger partial charge in [0.2, 0.25) is 5.91 Å². The van der Waals surface area contributed by atoms with E-state index in [0.717, 1.165) is 18.8 Å². The van der Waals surface area contributed by atoms with E-state index in [1.165, 1.54) is 0 Å². The number of nitrogens with one attached hydrogen (secondary N) is 1. The van der Waals surface area contributed by atoms with Gasteiger partial charge in [-0.3, -0.25) is 4.79 Å². The first-order valence-electron chi connectivity index (χ1n) is 2.41. The van der Waals surface area contributed by atoms with Crippen LogP contribution in [0.4, 0.5) is 0 Å². The van der Waals surface area contributed by atoms with E-state index in [9.17, 15) is 4.79 Å². The molecule has 1 saturated carbocycles. The van der Waals surface area contributed by atoms with Crippen molar-refractivity contribution in [3.8, 4) is 0 Å². The molecule has 0 bridgehead atoms. The molecule has 0 atom stereocenters. The Kier molecular flexibility index (Phi) is 1.01. The maximum Gasteiger partial charge on any atom is 0.227 e. The monoisotopic (exact) mass is 98.1 g/mol. The van der Waals surface area contributed by atoms with Gasteiger partial charge in [0, 0.05) is 7.05 Å². The van der Waals surface area contributed by atoms with Crippen molar-refractivity contribution in [3.63, 3.8) is 0 Å². The Bertz CT molecular complexity index is 86.1. The highest BCUT2D eigenvalue weighted by Crippen LogP contribution is 2.31. The van der Waals surface area contributed by atoms with Gasteiger partial charge in [-0.1, -0.05) is 0 Å².